The van der Waals surface area contributed by atoms with Gasteiger partial charge in [0.1, 0.15) is 0 Å². The molecule has 1 aromatic heterocycles. The average molecular weight is 253 g/mol. The van der Waals surface area contributed by atoms with Crippen molar-refractivity contribution in [2.75, 3.05) is 26.3 Å². The number of piperidine rings is 1. The van der Waals surface area contributed by atoms with E-state index in [4.69, 9.17) is 4.74 Å². The standard InChI is InChI=1S/C12H23N5O/c1-10(2)17-12(14-15-16-17)5-7-18-9-11-4-3-6-13-8-11/h10-11,13H,3-9H2,1-2H3/t11-/m0/s1. The lowest BCUT2D eigenvalue weighted by molar-refractivity contribution is 0.0906. The Morgan fingerprint density at radius 2 is 2.39 bits per heavy atom. The Kier molecular flexibility index (Phi) is 5.07. The quantitative estimate of drug-likeness (QED) is 0.760. The zero-order valence-electron chi connectivity index (χ0n) is 11.3. The van der Waals surface area contributed by atoms with Gasteiger partial charge in [0.15, 0.2) is 5.82 Å². The van der Waals surface area contributed by atoms with Crippen LogP contribution in [0.25, 0.3) is 0 Å². The van der Waals surface area contributed by atoms with Crippen LogP contribution in [-0.2, 0) is 11.2 Å². The summed E-state index contributed by atoms with van der Waals surface area (Å²) in [5, 5.41) is 15.1. The van der Waals surface area contributed by atoms with Gasteiger partial charge >= 0.3 is 0 Å². The van der Waals surface area contributed by atoms with E-state index in [0.717, 1.165) is 31.9 Å². The minimum absolute atomic E-state index is 0.303. The lowest BCUT2D eigenvalue weighted by atomic mass is 10.0. The van der Waals surface area contributed by atoms with Gasteiger partial charge < -0.3 is 10.1 Å². The molecule has 0 unspecified atom stereocenters. The molecule has 2 heterocycles. The molecule has 1 saturated heterocycles. The molecule has 1 aromatic rings. The lowest BCUT2D eigenvalue weighted by Gasteiger charge is -2.22. The van der Waals surface area contributed by atoms with Gasteiger partial charge in [-0.15, -0.1) is 5.10 Å². The monoisotopic (exact) mass is 253 g/mol. The summed E-state index contributed by atoms with van der Waals surface area (Å²) in [7, 11) is 0. The maximum Gasteiger partial charge on any atom is 0.153 e. The summed E-state index contributed by atoms with van der Waals surface area (Å²) in [4.78, 5) is 0. The number of hydrogen-bond donors (Lipinski definition) is 1. The third kappa shape index (κ3) is 3.74. The summed E-state index contributed by atoms with van der Waals surface area (Å²) < 4.78 is 7.58. The Morgan fingerprint density at radius 3 is 3.11 bits per heavy atom. The van der Waals surface area contributed by atoms with Crippen LogP contribution in [0, 0.1) is 5.92 Å². The van der Waals surface area contributed by atoms with E-state index in [0.29, 0.717) is 18.6 Å². The summed E-state index contributed by atoms with van der Waals surface area (Å²) in [6, 6.07) is 0.303. The van der Waals surface area contributed by atoms with Crippen molar-refractivity contribution in [3.05, 3.63) is 5.82 Å². The van der Waals surface area contributed by atoms with E-state index >= 15 is 0 Å². The molecule has 1 fully saturated rings. The smallest absolute Gasteiger partial charge is 0.153 e. The molecule has 0 bridgehead atoms. The summed E-state index contributed by atoms with van der Waals surface area (Å²) in [5.74, 6) is 1.58. The Hall–Kier alpha value is -1.01. The van der Waals surface area contributed by atoms with Gasteiger partial charge in [-0.25, -0.2) is 4.68 Å². The van der Waals surface area contributed by atoms with Gasteiger partial charge in [-0.2, -0.15) is 0 Å². The Morgan fingerprint density at radius 1 is 1.50 bits per heavy atom. The second-order valence-electron chi connectivity index (χ2n) is 5.17. The lowest BCUT2D eigenvalue weighted by Crippen LogP contribution is -2.32. The van der Waals surface area contributed by atoms with Crippen LogP contribution in [-0.4, -0.2) is 46.5 Å². The molecule has 2 rings (SSSR count). The van der Waals surface area contributed by atoms with Gasteiger partial charge in [0.25, 0.3) is 0 Å². The largest absolute Gasteiger partial charge is 0.381 e. The maximum absolute atomic E-state index is 5.73. The molecule has 0 saturated carbocycles. The van der Waals surface area contributed by atoms with E-state index < -0.39 is 0 Å². The molecule has 1 atom stereocenters. The van der Waals surface area contributed by atoms with E-state index in [1.807, 2.05) is 4.68 Å². The van der Waals surface area contributed by atoms with Gasteiger partial charge in [-0.3, -0.25) is 0 Å². The van der Waals surface area contributed by atoms with Crippen molar-refractivity contribution in [3.63, 3.8) is 0 Å². The molecule has 0 aliphatic carbocycles. The number of aromatic nitrogens is 4. The fraction of sp³-hybridized carbons (Fsp3) is 0.917. The average Bonchev–Trinajstić information content (AvgIpc) is 2.84. The third-order valence-electron chi connectivity index (χ3n) is 3.27. The first-order valence-corrected chi connectivity index (χ1v) is 6.82. The second kappa shape index (κ2) is 6.80. The molecule has 0 aromatic carbocycles. The van der Waals surface area contributed by atoms with Crippen LogP contribution in [0.2, 0.25) is 0 Å². The van der Waals surface area contributed by atoms with Crippen LogP contribution in [0.4, 0.5) is 0 Å². The molecular formula is C12H23N5O. The van der Waals surface area contributed by atoms with Gasteiger partial charge in [-0.1, -0.05) is 0 Å². The van der Waals surface area contributed by atoms with Gasteiger partial charge in [0.05, 0.1) is 19.3 Å². The van der Waals surface area contributed by atoms with E-state index in [1.165, 1.54) is 12.8 Å². The summed E-state index contributed by atoms with van der Waals surface area (Å²) in [6.07, 6.45) is 3.32. The van der Waals surface area contributed by atoms with Crippen LogP contribution in [0.5, 0.6) is 0 Å². The van der Waals surface area contributed by atoms with Crippen LogP contribution < -0.4 is 5.32 Å². The van der Waals surface area contributed by atoms with E-state index in [-0.39, 0.29) is 0 Å². The van der Waals surface area contributed by atoms with E-state index in [9.17, 15) is 0 Å². The molecule has 18 heavy (non-hydrogen) atoms. The van der Waals surface area contributed by atoms with Gasteiger partial charge in [0.2, 0.25) is 0 Å². The number of nitrogens with zero attached hydrogens (tertiary/aromatic N) is 4. The summed E-state index contributed by atoms with van der Waals surface area (Å²) in [5.41, 5.74) is 0. The van der Waals surface area contributed by atoms with Crippen LogP contribution in [0.3, 0.4) is 0 Å². The SMILES string of the molecule is CC(C)n1nnnc1CCOC[C@H]1CCCNC1. The molecule has 1 aliphatic heterocycles. The minimum Gasteiger partial charge on any atom is -0.381 e. The predicted octanol–water partition coefficient (Wildman–Crippen LogP) is 0.813. The van der Waals surface area contributed by atoms with Crippen molar-refractivity contribution >= 4 is 0 Å². The normalized spacial score (nSPS) is 20.5. The highest BCUT2D eigenvalue weighted by molar-refractivity contribution is 4.82. The molecule has 0 amide bonds. The van der Waals surface area contributed by atoms with Crippen LogP contribution >= 0.6 is 0 Å². The fourth-order valence-corrected chi connectivity index (χ4v) is 2.26. The molecule has 0 radical (unpaired) electrons. The second-order valence-corrected chi connectivity index (χ2v) is 5.17. The van der Waals surface area contributed by atoms with E-state index in [1.54, 1.807) is 0 Å². The van der Waals surface area contributed by atoms with Crippen LogP contribution in [0.15, 0.2) is 0 Å². The highest BCUT2D eigenvalue weighted by Crippen LogP contribution is 2.10. The Balaban J connectivity index is 1.66. The first-order valence-electron chi connectivity index (χ1n) is 6.82. The van der Waals surface area contributed by atoms with Gasteiger partial charge in [-0.05, 0) is 49.6 Å². The topological polar surface area (TPSA) is 64.9 Å². The Bertz CT molecular complexity index is 346. The first-order chi connectivity index (χ1) is 8.77. The summed E-state index contributed by atoms with van der Waals surface area (Å²) in [6.45, 7) is 7.94. The van der Waals surface area contributed by atoms with Crippen molar-refractivity contribution < 1.29 is 4.74 Å². The third-order valence-corrected chi connectivity index (χ3v) is 3.27. The number of hydrogen-bond acceptors (Lipinski definition) is 5. The van der Waals surface area contributed by atoms with Crippen molar-refractivity contribution in [2.45, 2.75) is 39.2 Å². The van der Waals surface area contributed by atoms with Crippen molar-refractivity contribution in [1.82, 2.24) is 25.5 Å². The molecule has 1 aliphatic rings. The molecule has 1 N–H and O–H groups in total. The van der Waals surface area contributed by atoms with Crippen molar-refractivity contribution in [1.29, 1.82) is 0 Å². The zero-order chi connectivity index (χ0) is 12.8. The van der Waals surface area contributed by atoms with Crippen LogP contribution in [0.1, 0.15) is 38.6 Å². The van der Waals surface area contributed by atoms with Crippen molar-refractivity contribution in [2.24, 2.45) is 5.92 Å². The Labute approximate surface area is 108 Å². The molecule has 6 heteroatoms. The molecule has 0 spiro atoms. The predicted molar refractivity (Wildman–Crippen MR) is 68.3 cm³/mol. The number of tetrazole rings is 1. The minimum atomic E-state index is 0.303. The molecular weight excluding hydrogens is 230 g/mol. The molecule has 6 nitrogen and oxygen atoms in total. The number of rotatable bonds is 6. The molecule has 102 valence electrons. The first kappa shape index (κ1) is 13.4. The van der Waals surface area contributed by atoms with Gasteiger partial charge in [0, 0.05) is 13.0 Å². The maximum atomic E-state index is 5.73. The zero-order valence-corrected chi connectivity index (χ0v) is 11.3. The number of nitrogens with one attached hydrogen (secondary N) is 1. The highest BCUT2D eigenvalue weighted by Gasteiger charge is 2.13. The fourth-order valence-electron chi connectivity index (χ4n) is 2.26. The van der Waals surface area contributed by atoms with Crippen molar-refractivity contribution in [3.8, 4) is 0 Å². The number of ether oxygens (including phenoxy) is 1. The highest BCUT2D eigenvalue weighted by atomic mass is 16.5. The summed E-state index contributed by atoms with van der Waals surface area (Å²) >= 11 is 0. The van der Waals surface area contributed by atoms with E-state index in [2.05, 4.69) is 34.7 Å².